The van der Waals surface area contributed by atoms with E-state index in [1.165, 1.54) is 17.8 Å². The first-order valence-electron chi connectivity index (χ1n) is 5.32. The molecule has 0 unspecified atom stereocenters. The van der Waals surface area contributed by atoms with Crippen molar-refractivity contribution in [2.24, 2.45) is 5.14 Å². The van der Waals surface area contributed by atoms with E-state index in [1.54, 1.807) is 18.2 Å². The largest absolute Gasteiger partial charge is 0.399 e. The second kappa shape index (κ2) is 5.12. The molecule has 0 aliphatic rings. The fraction of sp³-hybridized carbons (Fsp3) is 0. The number of rotatable bonds is 3. The van der Waals surface area contributed by atoms with E-state index in [0.29, 0.717) is 5.69 Å². The van der Waals surface area contributed by atoms with Gasteiger partial charge in [-0.05, 0) is 36.4 Å². The molecule has 0 aromatic heterocycles. The maximum Gasteiger partial charge on any atom is 0.240 e. The third-order valence-corrected chi connectivity index (χ3v) is 4.35. The van der Waals surface area contributed by atoms with Crippen LogP contribution in [0.2, 0.25) is 0 Å². The molecule has 0 aliphatic heterocycles. The van der Waals surface area contributed by atoms with Crippen LogP contribution in [0.1, 0.15) is 0 Å². The van der Waals surface area contributed by atoms with Crippen LogP contribution in [-0.4, -0.2) is 8.42 Å². The van der Waals surface area contributed by atoms with E-state index in [4.69, 9.17) is 16.6 Å². The number of hydrogen-bond donors (Lipinski definition) is 3. The van der Waals surface area contributed by atoms with Crippen molar-refractivity contribution in [3.05, 3.63) is 42.5 Å². The number of nitrogen functional groups attached to an aromatic ring is 2. The van der Waals surface area contributed by atoms with Crippen molar-refractivity contribution in [3.63, 3.8) is 0 Å². The van der Waals surface area contributed by atoms with Gasteiger partial charge in [-0.3, -0.25) is 0 Å². The lowest BCUT2D eigenvalue weighted by atomic mass is 10.3. The molecule has 5 nitrogen and oxygen atoms in total. The van der Waals surface area contributed by atoms with Crippen molar-refractivity contribution in [2.75, 3.05) is 11.5 Å². The van der Waals surface area contributed by atoms with E-state index >= 15 is 0 Å². The van der Waals surface area contributed by atoms with Crippen LogP contribution in [0.5, 0.6) is 0 Å². The highest BCUT2D eigenvalue weighted by molar-refractivity contribution is 7.99. The van der Waals surface area contributed by atoms with Crippen molar-refractivity contribution in [1.82, 2.24) is 0 Å². The second-order valence-corrected chi connectivity index (χ2v) is 6.60. The fourth-order valence-corrected chi connectivity index (χ4v) is 3.14. The fourth-order valence-electron chi connectivity index (χ4n) is 1.56. The number of hydrogen-bond acceptors (Lipinski definition) is 5. The quantitative estimate of drug-likeness (QED) is 0.745. The van der Waals surface area contributed by atoms with Crippen LogP contribution in [0, 0.1) is 0 Å². The predicted octanol–water partition coefficient (Wildman–Crippen LogP) is 1.65. The molecular formula is C12H13N3O2S2. The van der Waals surface area contributed by atoms with E-state index in [-0.39, 0.29) is 10.6 Å². The van der Waals surface area contributed by atoms with E-state index in [0.717, 1.165) is 9.79 Å². The van der Waals surface area contributed by atoms with Crippen molar-refractivity contribution in [3.8, 4) is 0 Å². The van der Waals surface area contributed by atoms with Gasteiger partial charge >= 0.3 is 0 Å². The molecular weight excluding hydrogens is 282 g/mol. The Hall–Kier alpha value is -1.70. The Bertz CT molecular complexity index is 715. The molecule has 100 valence electrons. The zero-order chi connectivity index (χ0) is 14.0. The van der Waals surface area contributed by atoms with Gasteiger partial charge in [0.05, 0.1) is 5.69 Å². The van der Waals surface area contributed by atoms with Gasteiger partial charge in [0.15, 0.2) is 0 Å². The van der Waals surface area contributed by atoms with Crippen LogP contribution < -0.4 is 16.6 Å². The Kier molecular flexibility index (Phi) is 3.70. The molecule has 0 amide bonds. The normalized spacial score (nSPS) is 11.4. The first kappa shape index (κ1) is 13.7. The Balaban J connectivity index is 2.31. The van der Waals surface area contributed by atoms with Gasteiger partial charge in [0, 0.05) is 15.5 Å². The number of nitrogens with two attached hydrogens (primary N) is 3. The molecule has 19 heavy (non-hydrogen) atoms. The lowest BCUT2D eigenvalue weighted by Gasteiger charge is -2.07. The van der Waals surface area contributed by atoms with Gasteiger partial charge in [-0.1, -0.05) is 17.8 Å². The maximum absolute atomic E-state index is 11.2. The van der Waals surface area contributed by atoms with Crippen molar-refractivity contribution in [1.29, 1.82) is 0 Å². The van der Waals surface area contributed by atoms with Gasteiger partial charge in [-0.2, -0.15) is 0 Å². The highest BCUT2D eigenvalue weighted by atomic mass is 32.2. The van der Waals surface area contributed by atoms with Crippen LogP contribution in [0.15, 0.2) is 57.2 Å². The summed E-state index contributed by atoms with van der Waals surface area (Å²) in [5.41, 5.74) is 12.2. The minimum absolute atomic E-state index is 0.0653. The lowest BCUT2D eigenvalue weighted by Crippen LogP contribution is -2.14. The van der Waals surface area contributed by atoms with Gasteiger partial charge in [0.1, 0.15) is 4.90 Å². The summed E-state index contributed by atoms with van der Waals surface area (Å²) < 4.78 is 22.5. The van der Waals surface area contributed by atoms with Crippen molar-refractivity contribution < 1.29 is 8.42 Å². The van der Waals surface area contributed by atoms with Gasteiger partial charge in [0.2, 0.25) is 10.0 Å². The first-order valence-corrected chi connectivity index (χ1v) is 7.68. The van der Waals surface area contributed by atoms with E-state index < -0.39 is 10.0 Å². The zero-order valence-corrected chi connectivity index (χ0v) is 11.5. The Morgan fingerprint density at radius 1 is 0.947 bits per heavy atom. The molecule has 0 aliphatic carbocycles. The minimum Gasteiger partial charge on any atom is -0.399 e. The van der Waals surface area contributed by atoms with Crippen molar-refractivity contribution in [2.45, 2.75) is 14.7 Å². The van der Waals surface area contributed by atoms with Crippen molar-refractivity contribution >= 4 is 33.2 Å². The van der Waals surface area contributed by atoms with Gasteiger partial charge < -0.3 is 11.5 Å². The van der Waals surface area contributed by atoms with Crippen LogP contribution in [0.25, 0.3) is 0 Å². The summed E-state index contributed by atoms with van der Waals surface area (Å²) >= 11 is 1.44. The molecule has 0 saturated heterocycles. The third kappa shape index (κ3) is 3.40. The number of primary sulfonamides is 1. The number of anilines is 2. The molecule has 2 aromatic rings. The standard InChI is InChI=1S/C12H13N3O2S2/c13-8-2-1-3-9(6-8)18-10-4-5-12(11(14)7-10)19(15,16)17/h1-7H,13-14H2,(H2,15,16,17). The Labute approximate surface area is 115 Å². The SMILES string of the molecule is Nc1cccc(Sc2ccc(S(N)(=O)=O)c(N)c2)c1. The van der Waals surface area contributed by atoms with Gasteiger partial charge in [-0.25, -0.2) is 13.6 Å². The summed E-state index contributed by atoms with van der Waals surface area (Å²) in [5.74, 6) is 0. The molecule has 2 aromatic carbocycles. The molecule has 0 heterocycles. The molecule has 0 radical (unpaired) electrons. The summed E-state index contributed by atoms with van der Waals surface area (Å²) in [6.45, 7) is 0. The topological polar surface area (TPSA) is 112 Å². The lowest BCUT2D eigenvalue weighted by molar-refractivity contribution is 0.598. The average molecular weight is 295 g/mol. The second-order valence-electron chi connectivity index (χ2n) is 3.92. The minimum atomic E-state index is -3.78. The molecule has 0 fully saturated rings. The summed E-state index contributed by atoms with van der Waals surface area (Å²) in [7, 11) is -3.78. The summed E-state index contributed by atoms with van der Waals surface area (Å²) in [5, 5.41) is 5.05. The van der Waals surface area contributed by atoms with Crippen LogP contribution in [0.3, 0.4) is 0 Å². The van der Waals surface area contributed by atoms with Gasteiger partial charge in [0.25, 0.3) is 0 Å². The van der Waals surface area contributed by atoms with Gasteiger partial charge in [-0.15, -0.1) is 0 Å². The van der Waals surface area contributed by atoms with Crippen LogP contribution in [0.4, 0.5) is 11.4 Å². The predicted molar refractivity (Wildman–Crippen MR) is 77.2 cm³/mol. The number of benzene rings is 2. The molecule has 0 atom stereocenters. The average Bonchev–Trinajstić information content (AvgIpc) is 2.27. The summed E-state index contributed by atoms with van der Waals surface area (Å²) in [4.78, 5) is 1.70. The highest BCUT2D eigenvalue weighted by Crippen LogP contribution is 2.31. The molecule has 7 heteroatoms. The van der Waals surface area contributed by atoms with Crippen LogP contribution in [-0.2, 0) is 10.0 Å². The smallest absolute Gasteiger partial charge is 0.240 e. The maximum atomic E-state index is 11.2. The van der Waals surface area contributed by atoms with E-state index in [1.807, 2.05) is 18.2 Å². The Morgan fingerprint density at radius 2 is 1.63 bits per heavy atom. The molecule has 2 rings (SSSR count). The summed E-state index contributed by atoms with van der Waals surface area (Å²) in [6, 6.07) is 12.0. The zero-order valence-electron chi connectivity index (χ0n) is 9.91. The van der Waals surface area contributed by atoms with E-state index in [9.17, 15) is 8.42 Å². The molecule has 0 bridgehead atoms. The first-order chi connectivity index (χ1) is 8.86. The Morgan fingerprint density at radius 3 is 2.21 bits per heavy atom. The number of sulfonamides is 1. The molecule has 0 saturated carbocycles. The summed E-state index contributed by atoms with van der Waals surface area (Å²) in [6.07, 6.45) is 0. The molecule has 0 spiro atoms. The third-order valence-electron chi connectivity index (χ3n) is 2.38. The van der Waals surface area contributed by atoms with Crippen LogP contribution >= 0.6 is 11.8 Å². The monoisotopic (exact) mass is 295 g/mol. The molecule has 6 N–H and O–H groups in total. The highest BCUT2D eigenvalue weighted by Gasteiger charge is 2.12. The van der Waals surface area contributed by atoms with E-state index in [2.05, 4.69) is 0 Å².